The summed E-state index contributed by atoms with van der Waals surface area (Å²) >= 11 is 0. The van der Waals surface area contributed by atoms with E-state index in [0.717, 1.165) is 5.69 Å². The molecule has 0 saturated carbocycles. The van der Waals surface area contributed by atoms with E-state index in [9.17, 15) is 4.79 Å². The molecule has 0 aromatic carbocycles. The van der Waals surface area contributed by atoms with Gasteiger partial charge in [0.15, 0.2) is 0 Å². The van der Waals surface area contributed by atoms with Gasteiger partial charge in [-0.2, -0.15) is 0 Å². The third-order valence-electron chi connectivity index (χ3n) is 2.87. The first-order valence-electron chi connectivity index (χ1n) is 6.20. The molecule has 0 spiro atoms. The van der Waals surface area contributed by atoms with Gasteiger partial charge >= 0.3 is 0 Å². The summed E-state index contributed by atoms with van der Waals surface area (Å²) in [5.41, 5.74) is 1.23. The van der Waals surface area contributed by atoms with E-state index in [1.165, 1.54) is 0 Å². The average Bonchev–Trinajstić information content (AvgIpc) is 2.38. The normalized spacial score (nSPS) is 13.8. The second-order valence-electron chi connectivity index (χ2n) is 4.38. The Morgan fingerprint density at radius 2 is 2.22 bits per heavy atom. The maximum absolute atomic E-state index is 11.6. The molecule has 1 aromatic rings. The largest absolute Gasteiger partial charge is 0.396 e. The molecule has 0 aliphatic rings. The van der Waals surface area contributed by atoms with Crippen molar-refractivity contribution in [2.45, 2.75) is 26.8 Å². The standard InChI is InChI=1S/C13H21N3O2/c1-4-14-13(18)12-7-11(5-6-15-12)16-10(3)9(2)8-17/h5-7,9-10,17H,4,8H2,1-3H3,(H,14,18)(H,15,16). The van der Waals surface area contributed by atoms with Gasteiger partial charge in [0, 0.05) is 31.1 Å². The molecule has 2 atom stereocenters. The quantitative estimate of drug-likeness (QED) is 0.711. The van der Waals surface area contributed by atoms with Gasteiger partial charge in [0.25, 0.3) is 5.91 Å². The average molecular weight is 251 g/mol. The molecule has 18 heavy (non-hydrogen) atoms. The maximum atomic E-state index is 11.6. The van der Waals surface area contributed by atoms with E-state index < -0.39 is 0 Å². The fraction of sp³-hybridized carbons (Fsp3) is 0.538. The second kappa shape index (κ2) is 6.96. The minimum Gasteiger partial charge on any atom is -0.396 e. The Labute approximate surface area is 108 Å². The molecule has 5 heteroatoms. The summed E-state index contributed by atoms with van der Waals surface area (Å²) < 4.78 is 0. The number of amides is 1. The number of carbonyl (C=O) groups excluding carboxylic acids is 1. The first-order valence-corrected chi connectivity index (χ1v) is 6.20. The van der Waals surface area contributed by atoms with E-state index in [-0.39, 0.29) is 24.5 Å². The summed E-state index contributed by atoms with van der Waals surface area (Å²) in [7, 11) is 0. The molecule has 100 valence electrons. The van der Waals surface area contributed by atoms with Crippen LogP contribution < -0.4 is 10.6 Å². The zero-order valence-corrected chi connectivity index (χ0v) is 11.1. The SMILES string of the molecule is CCNC(=O)c1cc(NC(C)C(C)CO)ccn1. The zero-order valence-electron chi connectivity index (χ0n) is 11.1. The van der Waals surface area contributed by atoms with Crippen molar-refractivity contribution in [3.05, 3.63) is 24.0 Å². The van der Waals surface area contributed by atoms with E-state index in [4.69, 9.17) is 5.11 Å². The topological polar surface area (TPSA) is 74.2 Å². The summed E-state index contributed by atoms with van der Waals surface area (Å²) in [6.07, 6.45) is 1.60. The Kier molecular flexibility index (Phi) is 5.58. The number of nitrogens with one attached hydrogen (secondary N) is 2. The van der Waals surface area contributed by atoms with E-state index in [0.29, 0.717) is 12.2 Å². The molecular formula is C13H21N3O2. The molecule has 3 N–H and O–H groups in total. The Morgan fingerprint density at radius 3 is 2.83 bits per heavy atom. The van der Waals surface area contributed by atoms with Crippen LogP contribution in [0.2, 0.25) is 0 Å². The van der Waals surface area contributed by atoms with Crippen molar-refractivity contribution < 1.29 is 9.90 Å². The predicted molar refractivity (Wildman–Crippen MR) is 71.6 cm³/mol. The molecule has 0 aliphatic heterocycles. The van der Waals surface area contributed by atoms with Crippen molar-refractivity contribution >= 4 is 11.6 Å². The van der Waals surface area contributed by atoms with Crippen LogP contribution in [-0.4, -0.2) is 35.2 Å². The van der Waals surface area contributed by atoms with Gasteiger partial charge in [-0.3, -0.25) is 9.78 Å². The van der Waals surface area contributed by atoms with Crippen molar-refractivity contribution in [2.24, 2.45) is 5.92 Å². The molecule has 5 nitrogen and oxygen atoms in total. The van der Waals surface area contributed by atoms with Gasteiger partial charge in [-0.1, -0.05) is 6.92 Å². The first kappa shape index (κ1) is 14.4. The Balaban J connectivity index is 2.73. The van der Waals surface area contributed by atoms with Crippen molar-refractivity contribution in [1.82, 2.24) is 10.3 Å². The van der Waals surface area contributed by atoms with Crippen molar-refractivity contribution in [3.63, 3.8) is 0 Å². The number of pyridine rings is 1. The van der Waals surface area contributed by atoms with Crippen LogP contribution in [0.1, 0.15) is 31.3 Å². The monoisotopic (exact) mass is 251 g/mol. The Hall–Kier alpha value is -1.62. The number of aliphatic hydroxyl groups is 1. The molecule has 0 bridgehead atoms. The number of aromatic nitrogens is 1. The first-order chi connectivity index (χ1) is 8.58. The number of hydrogen-bond donors (Lipinski definition) is 3. The lowest BCUT2D eigenvalue weighted by atomic mass is 10.0. The summed E-state index contributed by atoms with van der Waals surface area (Å²) in [4.78, 5) is 15.7. The molecule has 1 rings (SSSR count). The van der Waals surface area contributed by atoms with Crippen molar-refractivity contribution in [3.8, 4) is 0 Å². The van der Waals surface area contributed by atoms with Crippen LogP contribution in [0.15, 0.2) is 18.3 Å². The highest BCUT2D eigenvalue weighted by atomic mass is 16.3. The Bertz CT molecular complexity index is 396. The highest BCUT2D eigenvalue weighted by Gasteiger charge is 2.12. The third-order valence-corrected chi connectivity index (χ3v) is 2.87. The summed E-state index contributed by atoms with van der Waals surface area (Å²) in [5, 5.41) is 15.0. The van der Waals surface area contributed by atoms with Crippen molar-refractivity contribution in [2.75, 3.05) is 18.5 Å². The lowest BCUT2D eigenvalue weighted by Gasteiger charge is -2.20. The molecule has 1 heterocycles. The summed E-state index contributed by atoms with van der Waals surface area (Å²) in [6.45, 7) is 6.53. The molecule has 0 fully saturated rings. The van der Waals surface area contributed by atoms with Crippen LogP contribution in [0.25, 0.3) is 0 Å². The van der Waals surface area contributed by atoms with E-state index in [1.807, 2.05) is 26.8 Å². The minimum absolute atomic E-state index is 0.125. The molecular weight excluding hydrogens is 230 g/mol. The van der Waals surface area contributed by atoms with Crippen LogP contribution in [0.3, 0.4) is 0 Å². The molecule has 1 amide bonds. The number of anilines is 1. The molecule has 0 aliphatic carbocycles. The fourth-order valence-electron chi connectivity index (χ4n) is 1.46. The van der Waals surface area contributed by atoms with Crippen LogP contribution in [0, 0.1) is 5.92 Å². The van der Waals surface area contributed by atoms with Gasteiger partial charge < -0.3 is 15.7 Å². The van der Waals surface area contributed by atoms with Crippen LogP contribution in [-0.2, 0) is 0 Å². The number of aliphatic hydroxyl groups excluding tert-OH is 1. The summed E-state index contributed by atoms with van der Waals surface area (Å²) in [5.74, 6) is -0.0323. The smallest absolute Gasteiger partial charge is 0.269 e. The van der Waals surface area contributed by atoms with Gasteiger partial charge in [-0.05, 0) is 31.9 Å². The lowest BCUT2D eigenvalue weighted by Crippen LogP contribution is -2.27. The van der Waals surface area contributed by atoms with E-state index >= 15 is 0 Å². The molecule has 0 saturated heterocycles. The molecule has 2 unspecified atom stereocenters. The minimum atomic E-state index is -0.177. The molecule has 0 radical (unpaired) electrons. The second-order valence-corrected chi connectivity index (χ2v) is 4.38. The third kappa shape index (κ3) is 4.00. The molecule has 1 aromatic heterocycles. The number of rotatable bonds is 6. The predicted octanol–water partition coefficient (Wildman–Crippen LogP) is 1.26. The van der Waals surface area contributed by atoms with E-state index in [2.05, 4.69) is 15.6 Å². The van der Waals surface area contributed by atoms with Gasteiger partial charge in [-0.15, -0.1) is 0 Å². The number of nitrogens with zero attached hydrogens (tertiary/aromatic N) is 1. The van der Waals surface area contributed by atoms with Gasteiger partial charge in [0.1, 0.15) is 5.69 Å². The highest BCUT2D eigenvalue weighted by Crippen LogP contribution is 2.13. The maximum Gasteiger partial charge on any atom is 0.269 e. The van der Waals surface area contributed by atoms with Crippen LogP contribution in [0.5, 0.6) is 0 Å². The summed E-state index contributed by atoms with van der Waals surface area (Å²) in [6, 6.07) is 3.65. The fourth-order valence-corrected chi connectivity index (χ4v) is 1.46. The van der Waals surface area contributed by atoms with Crippen LogP contribution >= 0.6 is 0 Å². The highest BCUT2D eigenvalue weighted by molar-refractivity contribution is 5.93. The van der Waals surface area contributed by atoms with Crippen molar-refractivity contribution in [1.29, 1.82) is 0 Å². The van der Waals surface area contributed by atoms with Gasteiger partial charge in [-0.25, -0.2) is 0 Å². The Morgan fingerprint density at radius 1 is 1.50 bits per heavy atom. The van der Waals surface area contributed by atoms with E-state index in [1.54, 1.807) is 12.3 Å². The van der Waals surface area contributed by atoms with Gasteiger partial charge in [0.2, 0.25) is 0 Å². The number of hydrogen-bond acceptors (Lipinski definition) is 4. The lowest BCUT2D eigenvalue weighted by molar-refractivity contribution is 0.0951. The van der Waals surface area contributed by atoms with Gasteiger partial charge in [0.05, 0.1) is 0 Å². The zero-order chi connectivity index (χ0) is 13.5. The number of carbonyl (C=O) groups is 1. The van der Waals surface area contributed by atoms with Crippen LogP contribution in [0.4, 0.5) is 5.69 Å².